The number of hydrogen-bond acceptors (Lipinski definition) is 3. The number of aromatic hydroxyl groups is 1. The molecule has 0 bridgehead atoms. The number of benzene rings is 1. The van der Waals surface area contributed by atoms with E-state index in [1.54, 1.807) is 6.07 Å². The molecule has 0 unspecified atom stereocenters. The molecule has 94 valence electrons. The largest absolute Gasteiger partial charge is 0.503 e. The molecule has 0 aliphatic heterocycles. The zero-order valence-corrected chi connectivity index (χ0v) is 8.72. The van der Waals surface area contributed by atoms with Gasteiger partial charge in [-0.25, -0.2) is 18.2 Å². The second-order valence-corrected chi connectivity index (χ2v) is 3.32. The Morgan fingerprint density at radius 3 is 2.22 bits per heavy atom. The number of hydrogen-bond donors (Lipinski definition) is 2. The van der Waals surface area contributed by atoms with E-state index >= 15 is 0 Å². The summed E-state index contributed by atoms with van der Waals surface area (Å²) in [6.07, 6.45) is 1.34. The molecule has 7 heteroatoms. The van der Waals surface area contributed by atoms with Crippen LogP contribution in [0, 0.1) is 23.3 Å². The molecule has 0 atom stereocenters. The van der Waals surface area contributed by atoms with Gasteiger partial charge in [0.15, 0.2) is 17.4 Å². The maximum Gasteiger partial charge on any atom is 0.205 e. The Balaban J connectivity index is 2.52. The number of halogens is 4. The van der Waals surface area contributed by atoms with Crippen LogP contribution < -0.4 is 5.32 Å². The van der Waals surface area contributed by atoms with Crippen LogP contribution in [0.2, 0.25) is 0 Å². The van der Waals surface area contributed by atoms with Gasteiger partial charge in [0.05, 0.1) is 0 Å². The normalized spacial score (nSPS) is 10.4. The van der Waals surface area contributed by atoms with Crippen molar-refractivity contribution in [3.05, 3.63) is 47.7 Å². The third-order valence-electron chi connectivity index (χ3n) is 2.16. The predicted molar refractivity (Wildman–Crippen MR) is 55.5 cm³/mol. The van der Waals surface area contributed by atoms with Gasteiger partial charge in [0.2, 0.25) is 11.6 Å². The smallest absolute Gasteiger partial charge is 0.205 e. The fourth-order valence-corrected chi connectivity index (χ4v) is 1.30. The van der Waals surface area contributed by atoms with Crippen molar-refractivity contribution in [2.45, 2.75) is 0 Å². The average Bonchev–Trinajstić information content (AvgIpc) is 2.40. The van der Waals surface area contributed by atoms with Crippen molar-refractivity contribution >= 4 is 11.5 Å². The van der Waals surface area contributed by atoms with Crippen molar-refractivity contribution in [3.8, 4) is 5.75 Å². The van der Waals surface area contributed by atoms with Crippen LogP contribution >= 0.6 is 0 Å². The first-order valence-corrected chi connectivity index (χ1v) is 4.75. The summed E-state index contributed by atoms with van der Waals surface area (Å²) in [6, 6.07) is 4.46. The lowest BCUT2D eigenvalue weighted by Crippen LogP contribution is -2.03. The molecule has 18 heavy (non-hydrogen) atoms. The molecular formula is C11H6F4N2O. The molecule has 2 aromatic rings. The fourth-order valence-electron chi connectivity index (χ4n) is 1.30. The third kappa shape index (κ3) is 1.94. The summed E-state index contributed by atoms with van der Waals surface area (Å²) in [5.74, 6) is -8.99. The van der Waals surface area contributed by atoms with E-state index < -0.39 is 34.7 Å². The van der Waals surface area contributed by atoms with Gasteiger partial charge < -0.3 is 10.4 Å². The predicted octanol–water partition coefficient (Wildman–Crippen LogP) is 3.09. The quantitative estimate of drug-likeness (QED) is 0.376. The Hall–Kier alpha value is -2.31. The van der Waals surface area contributed by atoms with Crippen LogP contribution in [0.5, 0.6) is 5.75 Å². The molecule has 0 radical (unpaired) electrons. The average molecular weight is 258 g/mol. The second-order valence-electron chi connectivity index (χ2n) is 3.32. The van der Waals surface area contributed by atoms with Crippen LogP contribution in [0.3, 0.4) is 0 Å². The number of anilines is 2. The van der Waals surface area contributed by atoms with Gasteiger partial charge in [-0.1, -0.05) is 6.07 Å². The fraction of sp³-hybridized carbons (Fsp3) is 0. The van der Waals surface area contributed by atoms with E-state index in [2.05, 4.69) is 10.3 Å². The minimum Gasteiger partial charge on any atom is -0.503 e. The van der Waals surface area contributed by atoms with E-state index in [0.717, 1.165) is 0 Å². The molecule has 1 aromatic heterocycles. The first-order chi connectivity index (χ1) is 8.52. The van der Waals surface area contributed by atoms with Crippen molar-refractivity contribution in [2.75, 3.05) is 5.32 Å². The molecule has 0 spiro atoms. The highest BCUT2D eigenvalue weighted by Crippen LogP contribution is 2.35. The Labute approximate surface area is 98.7 Å². The maximum atomic E-state index is 13.4. The van der Waals surface area contributed by atoms with Gasteiger partial charge in [-0.3, -0.25) is 0 Å². The molecular weight excluding hydrogens is 252 g/mol. The summed E-state index contributed by atoms with van der Waals surface area (Å²) >= 11 is 0. The standard InChI is InChI=1S/C11H6F4N2O/c12-6-7(13)9(15)11(18)10(8(6)14)17-5-3-1-2-4-16-5/h1-4,18H,(H,16,17). The maximum absolute atomic E-state index is 13.4. The summed E-state index contributed by atoms with van der Waals surface area (Å²) in [4.78, 5) is 3.71. The van der Waals surface area contributed by atoms with Crippen LogP contribution in [0.4, 0.5) is 29.1 Å². The highest BCUT2D eigenvalue weighted by molar-refractivity contribution is 5.65. The Bertz CT molecular complexity index is 560. The molecule has 0 amide bonds. The van der Waals surface area contributed by atoms with Gasteiger partial charge in [-0.15, -0.1) is 0 Å². The van der Waals surface area contributed by atoms with Gasteiger partial charge in [-0.05, 0) is 12.1 Å². The molecule has 0 aliphatic rings. The van der Waals surface area contributed by atoms with Crippen LogP contribution in [-0.4, -0.2) is 10.1 Å². The van der Waals surface area contributed by atoms with Crippen molar-refractivity contribution in [2.24, 2.45) is 0 Å². The molecule has 2 N–H and O–H groups in total. The number of rotatable bonds is 2. The monoisotopic (exact) mass is 258 g/mol. The van der Waals surface area contributed by atoms with E-state index in [1.165, 1.54) is 18.3 Å². The number of nitrogens with one attached hydrogen (secondary N) is 1. The molecule has 0 aliphatic carbocycles. The van der Waals surface area contributed by atoms with Gasteiger partial charge in [-0.2, -0.15) is 4.39 Å². The molecule has 1 aromatic carbocycles. The minimum absolute atomic E-state index is 0.0390. The number of aromatic nitrogens is 1. The first-order valence-electron chi connectivity index (χ1n) is 4.75. The molecule has 2 rings (SSSR count). The topological polar surface area (TPSA) is 45.1 Å². The molecule has 3 nitrogen and oxygen atoms in total. The van der Waals surface area contributed by atoms with Gasteiger partial charge in [0.1, 0.15) is 11.5 Å². The van der Waals surface area contributed by atoms with Crippen LogP contribution in [0.25, 0.3) is 0 Å². The highest BCUT2D eigenvalue weighted by Gasteiger charge is 2.25. The summed E-state index contributed by atoms with van der Waals surface area (Å²) in [5.41, 5.74) is -0.912. The summed E-state index contributed by atoms with van der Waals surface area (Å²) in [7, 11) is 0. The van der Waals surface area contributed by atoms with E-state index in [1.807, 2.05) is 0 Å². The van der Waals surface area contributed by atoms with Crippen LogP contribution in [0.1, 0.15) is 0 Å². The second kappa shape index (κ2) is 4.52. The summed E-state index contributed by atoms with van der Waals surface area (Å²) in [5, 5.41) is 11.4. The van der Waals surface area contributed by atoms with E-state index in [-0.39, 0.29) is 5.82 Å². The lowest BCUT2D eigenvalue weighted by molar-refractivity contribution is 0.368. The molecule has 1 heterocycles. The Morgan fingerprint density at radius 2 is 1.61 bits per heavy atom. The zero-order valence-electron chi connectivity index (χ0n) is 8.72. The van der Waals surface area contributed by atoms with Gasteiger partial charge >= 0.3 is 0 Å². The summed E-state index contributed by atoms with van der Waals surface area (Å²) in [6.45, 7) is 0. The van der Waals surface area contributed by atoms with E-state index in [0.29, 0.717) is 0 Å². The SMILES string of the molecule is Oc1c(F)c(F)c(F)c(F)c1Nc1ccccn1. The number of phenols is 1. The van der Waals surface area contributed by atoms with Crippen LogP contribution in [-0.2, 0) is 0 Å². The lowest BCUT2D eigenvalue weighted by atomic mass is 10.2. The molecule has 0 fully saturated rings. The van der Waals surface area contributed by atoms with Crippen molar-refractivity contribution in [1.82, 2.24) is 4.98 Å². The highest BCUT2D eigenvalue weighted by atomic mass is 19.2. The third-order valence-corrected chi connectivity index (χ3v) is 2.16. The lowest BCUT2D eigenvalue weighted by Gasteiger charge is -2.10. The van der Waals surface area contributed by atoms with Gasteiger partial charge in [0, 0.05) is 6.20 Å². The molecule has 0 saturated carbocycles. The van der Waals surface area contributed by atoms with Crippen molar-refractivity contribution < 1.29 is 22.7 Å². The first kappa shape index (κ1) is 12.2. The van der Waals surface area contributed by atoms with Crippen molar-refractivity contribution in [3.63, 3.8) is 0 Å². The number of pyridine rings is 1. The van der Waals surface area contributed by atoms with Gasteiger partial charge in [0.25, 0.3) is 0 Å². The zero-order chi connectivity index (χ0) is 13.3. The number of nitrogens with zero attached hydrogens (tertiary/aromatic N) is 1. The minimum atomic E-state index is -2.07. The van der Waals surface area contributed by atoms with Crippen molar-refractivity contribution in [1.29, 1.82) is 0 Å². The van der Waals surface area contributed by atoms with Crippen LogP contribution in [0.15, 0.2) is 24.4 Å². The Morgan fingerprint density at radius 1 is 0.944 bits per heavy atom. The van der Waals surface area contributed by atoms with E-state index in [4.69, 9.17) is 0 Å². The Kier molecular flexibility index (Phi) is 3.05. The summed E-state index contributed by atoms with van der Waals surface area (Å²) < 4.78 is 52.2. The molecule has 0 saturated heterocycles. The number of phenolic OH excluding ortho intramolecular Hbond substituents is 1. The van der Waals surface area contributed by atoms with E-state index in [9.17, 15) is 22.7 Å².